The first-order chi connectivity index (χ1) is 8.23. The summed E-state index contributed by atoms with van der Waals surface area (Å²) in [5, 5.41) is 0. The summed E-state index contributed by atoms with van der Waals surface area (Å²) < 4.78 is 5.25. The number of hydrogen-bond donors (Lipinski definition) is 0. The molecule has 4 heteroatoms. The number of hydrogen-bond acceptors (Lipinski definition) is 3. The molecule has 1 saturated heterocycles. The van der Waals surface area contributed by atoms with Crippen molar-refractivity contribution in [1.82, 2.24) is 4.90 Å². The molecule has 1 fully saturated rings. The van der Waals surface area contributed by atoms with E-state index in [1.54, 1.807) is 4.90 Å². The summed E-state index contributed by atoms with van der Waals surface area (Å²) >= 11 is 0. The largest absolute Gasteiger partial charge is 0.444 e. The Balaban J connectivity index is 2.31. The van der Waals surface area contributed by atoms with Crippen LogP contribution in [0.3, 0.4) is 0 Å². The van der Waals surface area contributed by atoms with Crippen molar-refractivity contribution in [2.45, 2.75) is 53.1 Å². The van der Waals surface area contributed by atoms with Crippen molar-refractivity contribution in [3.05, 3.63) is 0 Å². The molecule has 104 valence electrons. The van der Waals surface area contributed by atoms with Gasteiger partial charge in [-0.3, -0.25) is 4.79 Å². The molecule has 0 aromatic rings. The van der Waals surface area contributed by atoms with Crippen LogP contribution in [0.1, 0.15) is 47.5 Å². The molecule has 0 radical (unpaired) electrons. The zero-order valence-corrected chi connectivity index (χ0v) is 12.2. The van der Waals surface area contributed by atoms with Gasteiger partial charge in [-0.2, -0.15) is 0 Å². The van der Waals surface area contributed by atoms with Crippen molar-refractivity contribution in [3.63, 3.8) is 0 Å². The highest BCUT2D eigenvalue weighted by Crippen LogP contribution is 2.23. The van der Waals surface area contributed by atoms with E-state index in [1.807, 2.05) is 20.8 Å². The molecule has 1 rings (SSSR count). The molecule has 0 spiro atoms. The molecular weight excluding hydrogens is 230 g/mol. The van der Waals surface area contributed by atoms with E-state index in [1.165, 1.54) is 0 Å². The molecule has 18 heavy (non-hydrogen) atoms. The Labute approximate surface area is 110 Å². The summed E-state index contributed by atoms with van der Waals surface area (Å²) in [5.74, 6) is 0.740. The zero-order chi connectivity index (χ0) is 13.9. The Morgan fingerprint density at radius 3 is 2.33 bits per heavy atom. The number of nitrogens with zero attached hydrogens (tertiary/aromatic N) is 1. The Bertz CT molecular complexity index is 313. The fraction of sp³-hybridized carbons (Fsp3) is 0.857. The van der Waals surface area contributed by atoms with E-state index in [9.17, 15) is 9.59 Å². The molecule has 1 aliphatic heterocycles. The number of ketones is 1. The fourth-order valence-corrected chi connectivity index (χ4v) is 1.81. The third-order valence-corrected chi connectivity index (χ3v) is 3.24. The van der Waals surface area contributed by atoms with Gasteiger partial charge in [-0.25, -0.2) is 4.79 Å². The van der Waals surface area contributed by atoms with Crippen LogP contribution in [-0.4, -0.2) is 35.5 Å². The summed E-state index contributed by atoms with van der Waals surface area (Å²) in [6.45, 7) is 10.7. The Kier molecular flexibility index (Phi) is 4.77. The normalized spacial score (nSPS) is 18.2. The van der Waals surface area contributed by atoms with Crippen LogP contribution in [0.2, 0.25) is 0 Å². The molecule has 0 N–H and O–H groups in total. The van der Waals surface area contributed by atoms with Gasteiger partial charge in [-0.05, 0) is 26.7 Å². The van der Waals surface area contributed by atoms with Gasteiger partial charge in [-0.15, -0.1) is 0 Å². The number of amides is 1. The van der Waals surface area contributed by atoms with Crippen molar-refractivity contribution in [3.8, 4) is 0 Å². The average Bonchev–Trinajstić information content (AvgIpc) is 2.11. The minimum atomic E-state index is -0.469. The first kappa shape index (κ1) is 15.0. The van der Waals surface area contributed by atoms with Crippen LogP contribution >= 0.6 is 0 Å². The maximum absolute atomic E-state index is 11.9. The Hall–Kier alpha value is -1.06. The lowest BCUT2D eigenvalue weighted by atomic mass is 9.89. The van der Waals surface area contributed by atoms with Gasteiger partial charge in [0.05, 0.1) is 5.92 Å². The van der Waals surface area contributed by atoms with Gasteiger partial charge in [0.2, 0.25) is 0 Å². The number of rotatable bonds is 4. The fourth-order valence-electron chi connectivity index (χ4n) is 1.81. The quantitative estimate of drug-likeness (QED) is 0.776. The van der Waals surface area contributed by atoms with Gasteiger partial charge in [0.1, 0.15) is 11.4 Å². The van der Waals surface area contributed by atoms with Gasteiger partial charge in [-0.1, -0.05) is 20.3 Å². The highest BCUT2D eigenvalue weighted by atomic mass is 16.6. The maximum atomic E-state index is 11.9. The number of carbonyl (C=O) groups excluding carboxylic acids is 2. The van der Waals surface area contributed by atoms with Crippen LogP contribution in [0.4, 0.5) is 4.79 Å². The average molecular weight is 255 g/mol. The second-order valence-electron chi connectivity index (χ2n) is 6.27. The molecule has 1 amide bonds. The second kappa shape index (κ2) is 5.72. The summed E-state index contributed by atoms with van der Waals surface area (Å²) in [7, 11) is 0. The predicted octanol–water partition coefficient (Wildman–Crippen LogP) is 2.86. The molecule has 1 aliphatic rings. The van der Waals surface area contributed by atoms with E-state index in [4.69, 9.17) is 4.74 Å². The Morgan fingerprint density at radius 2 is 1.89 bits per heavy atom. The zero-order valence-electron chi connectivity index (χ0n) is 12.2. The van der Waals surface area contributed by atoms with Crippen LogP contribution < -0.4 is 0 Å². The van der Waals surface area contributed by atoms with E-state index in [0.717, 1.165) is 6.42 Å². The van der Waals surface area contributed by atoms with E-state index in [-0.39, 0.29) is 17.8 Å². The summed E-state index contributed by atoms with van der Waals surface area (Å²) in [6, 6.07) is 0. The standard InChI is InChI=1S/C14H25NO3/c1-6-10(2)7-12(16)11-8-15(9-11)13(17)18-14(3,4)5/h10-11H,6-9H2,1-5H3. The predicted molar refractivity (Wildman–Crippen MR) is 70.4 cm³/mol. The van der Waals surface area contributed by atoms with Crippen molar-refractivity contribution in [1.29, 1.82) is 0 Å². The van der Waals surface area contributed by atoms with Gasteiger partial charge in [0.15, 0.2) is 0 Å². The minimum Gasteiger partial charge on any atom is -0.444 e. The molecule has 0 aromatic carbocycles. The van der Waals surface area contributed by atoms with Crippen LogP contribution in [0.5, 0.6) is 0 Å². The molecule has 0 saturated carbocycles. The number of ether oxygens (including phenoxy) is 1. The van der Waals surface area contributed by atoms with Gasteiger partial charge in [0, 0.05) is 19.5 Å². The summed E-state index contributed by atoms with van der Waals surface area (Å²) in [4.78, 5) is 25.2. The van der Waals surface area contributed by atoms with E-state index in [0.29, 0.717) is 25.4 Å². The van der Waals surface area contributed by atoms with E-state index >= 15 is 0 Å². The molecule has 4 nitrogen and oxygen atoms in total. The van der Waals surface area contributed by atoms with Crippen LogP contribution in [0, 0.1) is 11.8 Å². The molecule has 1 heterocycles. The van der Waals surface area contributed by atoms with Gasteiger partial charge in [0.25, 0.3) is 0 Å². The summed E-state index contributed by atoms with van der Waals surface area (Å²) in [6.07, 6.45) is 1.34. The van der Waals surface area contributed by atoms with E-state index in [2.05, 4.69) is 13.8 Å². The minimum absolute atomic E-state index is 0.0199. The lowest BCUT2D eigenvalue weighted by Gasteiger charge is -2.39. The highest BCUT2D eigenvalue weighted by molar-refractivity contribution is 5.84. The van der Waals surface area contributed by atoms with Crippen LogP contribution in [0.25, 0.3) is 0 Å². The van der Waals surface area contributed by atoms with Crippen molar-refractivity contribution in [2.75, 3.05) is 13.1 Å². The number of carbonyl (C=O) groups is 2. The molecular formula is C14H25NO3. The van der Waals surface area contributed by atoms with Crippen molar-refractivity contribution in [2.24, 2.45) is 11.8 Å². The SMILES string of the molecule is CCC(C)CC(=O)C1CN(C(=O)OC(C)(C)C)C1. The van der Waals surface area contributed by atoms with Crippen molar-refractivity contribution >= 4 is 11.9 Å². The number of likely N-dealkylation sites (tertiary alicyclic amines) is 1. The maximum Gasteiger partial charge on any atom is 0.410 e. The van der Waals surface area contributed by atoms with Crippen LogP contribution in [-0.2, 0) is 9.53 Å². The Morgan fingerprint density at radius 1 is 1.33 bits per heavy atom. The molecule has 0 aliphatic carbocycles. The topological polar surface area (TPSA) is 46.6 Å². The van der Waals surface area contributed by atoms with Crippen LogP contribution in [0.15, 0.2) is 0 Å². The van der Waals surface area contributed by atoms with E-state index < -0.39 is 5.60 Å². The summed E-state index contributed by atoms with van der Waals surface area (Å²) in [5.41, 5.74) is -0.469. The van der Waals surface area contributed by atoms with Crippen molar-refractivity contribution < 1.29 is 14.3 Å². The second-order valence-corrected chi connectivity index (χ2v) is 6.27. The molecule has 0 bridgehead atoms. The third kappa shape index (κ3) is 4.31. The first-order valence-corrected chi connectivity index (χ1v) is 6.73. The highest BCUT2D eigenvalue weighted by Gasteiger charge is 2.37. The monoisotopic (exact) mass is 255 g/mol. The first-order valence-electron chi connectivity index (χ1n) is 6.73. The number of Topliss-reactive ketones (excluding diaryl/α,β-unsaturated/α-hetero) is 1. The molecule has 0 aromatic heterocycles. The lowest BCUT2D eigenvalue weighted by molar-refractivity contribution is -0.128. The lowest BCUT2D eigenvalue weighted by Crippen LogP contribution is -2.54. The van der Waals surface area contributed by atoms with Gasteiger partial charge >= 0.3 is 6.09 Å². The molecule has 1 atom stereocenters. The van der Waals surface area contributed by atoms with Gasteiger partial charge < -0.3 is 9.64 Å². The third-order valence-electron chi connectivity index (χ3n) is 3.24. The smallest absolute Gasteiger partial charge is 0.410 e. The molecule has 1 unspecified atom stereocenters.